The van der Waals surface area contributed by atoms with Gasteiger partial charge < -0.3 is 5.11 Å². The van der Waals surface area contributed by atoms with E-state index in [2.05, 4.69) is 0 Å². The van der Waals surface area contributed by atoms with Gasteiger partial charge in [0, 0.05) is 12.0 Å². The number of aromatic carboxylic acids is 1. The van der Waals surface area contributed by atoms with Crippen LogP contribution in [0, 0.1) is 6.92 Å². The highest BCUT2D eigenvalue weighted by Gasteiger charge is 2.26. The quantitative estimate of drug-likeness (QED) is 0.734. The van der Waals surface area contributed by atoms with Gasteiger partial charge in [-0.05, 0) is 24.5 Å². The lowest BCUT2D eigenvalue weighted by molar-refractivity contribution is 0.0691. The third kappa shape index (κ3) is 1.13. The fourth-order valence-corrected chi connectivity index (χ4v) is 1.93. The molecule has 0 radical (unpaired) electrons. The summed E-state index contributed by atoms with van der Waals surface area (Å²) in [6, 6.07) is 3.61. The van der Waals surface area contributed by atoms with Crippen LogP contribution in [0.5, 0.6) is 0 Å². The highest BCUT2D eigenvalue weighted by Crippen LogP contribution is 2.27. The number of hydrogen-bond acceptors (Lipinski definition) is 2. The van der Waals surface area contributed by atoms with Crippen molar-refractivity contribution in [1.82, 2.24) is 0 Å². The first-order chi connectivity index (χ1) is 6.61. The number of ketones is 1. The minimum absolute atomic E-state index is 0.0406. The first kappa shape index (κ1) is 8.94. The molecule has 2 rings (SSSR count). The van der Waals surface area contributed by atoms with E-state index in [9.17, 15) is 9.59 Å². The predicted molar refractivity (Wildman–Crippen MR) is 50.8 cm³/mol. The molecule has 1 aromatic carbocycles. The van der Waals surface area contributed by atoms with Gasteiger partial charge in [-0.15, -0.1) is 0 Å². The predicted octanol–water partition coefficient (Wildman–Crippen LogP) is 1.82. The van der Waals surface area contributed by atoms with Crippen molar-refractivity contribution < 1.29 is 14.7 Å². The van der Waals surface area contributed by atoms with E-state index in [1.54, 1.807) is 13.0 Å². The van der Waals surface area contributed by atoms with E-state index < -0.39 is 5.97 Å². The highest BCUT2D eigenvalue weighted by molar-refractivity contribution is 6.09. The molecule has 1 aliphatic rings. The zero-order chi connectivity index (χ0) is 10.3. The summed E-state index contributed by atoms with van der Waals surface area (Å²) in [4.78, 5) is 22.5. The minimum atomic E-state index is -1.00. The second-order valence-electron chi connectivity index (χ2n) is 3.52. The largest absolute Gasteiger partial charge is 0.478 e. The fraction of sp³-hybridized carbons (Fsp3) is 0.273. The Labute approximate surface area is 81.4 Å². The number of aryl methyl sites for hydroxylation is 2. The smallest absolute Gasteiger partial charge is 0.336 e. The van der Waals surface area contributed by atoms with Crippen molar-refractivity contribution in [1.29, 1.82) is 0 Å². The SMILES string of the molecule is Cc1ccc2c(c1C(=O)O)C(=O)CC2. The zero-order valence-corrected chi connectivity index (χ0v) is 7.83. The maximum absolute atomic E-state index is 11.5. The number of Topliss-reactive ketones (excluding diaryl/α,β-unsaturated/α-hetero) is 1. The third-order valence-electron chi connectivity index (χ3n) is 2.61. The Balaban J connectivity index is 2.74. The molecule has 0 saturated carbocycles. The second kappa shape index (κ2) is 2.94. The van der Waals surface area contributed by atoms with E-state index in [-0.39, 0.29) is 11.3 Å². The molecule has 0 atom stereocenters. The van der Waals surface area contributed by atoms with Gasteiger partial charge in [-0.1, -0.05) is 12.1 Å². The number of carboxylic acids is 1. The number of hydrogen-bond donors (Lipinski definition) is 1. The molecule has 14 heavy (non-hydrogen) atoms. The van der Waals surface area contributed by atoms with Crippen LogP contribution in [0.25, 0.3) is 0 Å². The van der Waals surface area contributed by atoms with Gasteiger partial charge in [0.05, 0.1) is 5.56 Å². The van der Waals surface area contributed by atoms with Gasteiger partial charge in [0.1, 0.15) is 0 Å². The molecule has 0 fully saturated rings. The number of carbonyl (C=O) groups excluding carboxylic acids is 1. The van der Waals surface area contributed by atoms with E-state index in [1.165, 1.54) is 0 Å². The Morgan fingerprint density at radius 2 is 2.07 bits per heavy atom. The normalized spacial score (nSPS) is 14.2. The number of benzene rings is 1. The van der Waals surface area contributed by atoms with Gasteiger partial charge in [0.25, 0.3) is 0 Å². The molecule has 0 unspecified atom stereocenters. The number of rotatable bonds is 1. The van der Waals surface area contributed by atoms with Crippen LogP contribution in [0.3, 0.4) is 0 Å². The van der Waals surface area contributed by atoms with Crippen molar-refractivity contribution in [3.63, 3.8) is 0 Å². The van der Waals surface area contributed by atoms with Crippen LogP contribution in [-0.4, -0.2) is 16.9 Å². The van der Waals surface area contributed by atoms with Gasteiger partial charge in [-0.25, -0.2) is 4.79 Å². The average Bonchev–Trinajstić information content (AvgIpc) is 2.47. The van der Waals surface area contributed by atoms with Gasteiger partial charge >= 0.3 is 5.97 Å². The summed E-state index contributed by atoms with van der Waals surface area (Å²) in [5.41, 5.74) is 2.15. The first-order valence-electron chi connectivity index (χ1n) is 4.50. The van der Waals surface area contributed by atoms with E-state index in [0.717, 1.165) is 5.56 Å². The molecule has 0 spiro atoms. The molecule has 1 aromatic rings. The Hall–Kier alpha value is -1.64. The third-order valence-corrected chi connectivity index (χ3v) is 2.61. The van der Waals surface area contributed by atoms with Crippen molar-refractivity contribution in [2.75, 3.05) is 0 Å². The van der Waals surface area contributed by atoms with Crippen LogP contribution in [0.15, 0.2) is 12.1 Å². The number of carbonyl (C=O) groups is 2. The monoisotopic (exact) mass is 190 g/mol. The van der Waals surface area contributed by atoms with E-state index >= 15 is 0 Å². The molecule has 1 N–H and O–H groups in total. The van der Waals surface area contributed by atoms with Gasteiger partial charge in [-0.2, -0.15) is 0 Å². The summed E-state index contributed by atoms with van der Waals surface area (Å²) in [7, 11) is 0. The lowest BCUT2D eigenvalue weighted by atomic mass is 9.98. The molecule has 0 amide bonds. The van der Waals surface area contributed by atoms with Crippen molar-refractivity contribution >= 4 is 11.8 Å². The van der Waals surface area contributed by atoms with E-state index in [4.69, 9.17) is 5.11 Å². The van der Waals surface area contributed by atoms with Crippen LogP contribution >= 0.6 is 0 Å². The summed E-state index contributed by atoms with van der Waals surface area (Å²) >= 11 is 0. The number of fused-ring (bicyclic) bond motifs is 1. The summed E-state index contributed by atoms with van der Waals surface area (Å²) < 4.78 is 0. The Bertz CT molecular complexity index is 432. The molecule has 0 saturated heterocycles. The summed E-state index contributed by atoms with van der Waals surface area (Å²) in [6.45, 7) is 1.72. The van der Waals surface area contributed by atoms with Crippen LogP contribution in [0.2, 0.25) is 0 Å². The van der Waals surface area contributed by atoms with Gasteiger partial charge in [0.2, 0.25) is 0 Å². The first-order valence-corrected chi connectivity index (χ1v) is 4.50. The van der Waals surface area contributed by atoms with E-state index in [1.807, 2.05) is 6.07 Å². The molecule has 0 aliphatic heterocycles. The van der Waals surface area contributed by atoms with Crippen molar-refractivity contribution in [3.8, 4) is 0 Å². The molecular weight excluding hydrogens is 180 g/mol. The molecule has 3 nitrogen and oxygen atoms in total. The molecule has 0 heterocycles. The topological polar surface area (TPSA) is 54.4 Å². The molecule has 3 heteroatoms. The lowest BCUT2D eigenvalue weighted by Crippen LogP contribution is -2.08. The molecule has 72 valence electrons. The maximum Gasteiger partial charge on any atom is 0.336 e. The number of carboxylic acid groups (broad SMARTS) is 1. The fourth-order valence-electron chi connectivity index (χ4n) is 1.93. The molecule has 0 bridgehead atoms. The van der Waals surface area contributed by atoms with Gasteiger partial charge in [0.15, 0.2) is 5.78 Å². The van der Waals surface area contributed by atoms with Crippen LogP contribution in [0.1, 0.15) is 38.3 Å². The lowest BCUT2D eigenvalue weighted by Gasteiger charge is -2.06. The standard InChI is InChI=1S/C11H10O3/c1-6-2-3-7-4-5-8(12)10(7)9(6)11(13)14/h2-3H,4-5H2,1H3,(H,13,14). The summed E-state index contributed by atoms with van der Waals surface area (Å²) in [5.74, 6) is -1.05. The second-order valence-corrected chi connectivity index (χ2v) is 3.52. The minimum Gasteiger partial charge on any atom is -0.478 e. The molecule has 1 aliphatic carbocycles. The highest BCUT2D eigenvalue weighted by atomic mass is 16.4. The zero-order valence-electron chi connectivity index (χ0n) is 7.83. The Morgan fingerprint density at radius 1 is 1.36 bits per heavy atom. The van der Waals surface area contributed by atoms with E-state index in [0.29, 0.717) is 24.0 Å². The van der Waals surface area contributed by atoms with Crippen molar-refractivity contribution in [2.45, 2.75) is 19.8 Å². The maximum atomic E-state index is 11.5. The van der Waals surface area contributed by atoms with Crippen molar-refractivity contribution in [2.24, 2.45) is 0 Å². The molecule has 0 aromatic heterocycles. The summed E-state index contributed by atoms with van der Waals surface area (Å²) in [5, 5.41) is 9.00. The Morgan fingerprint density at radius 3 is 2.71 bits per heavy atom. The van der Waals surface area contributed by atoms with Crippen molar-refractivity contribution in [3.05, 3.63) is 34.4 Å². The van der Waals surface area contributed by atoms with Crippen LogP contribution < -0.4 is 0 Å². The Kier molecular flexibility index (Phi) is 1.88. The summed E-state index contributed by atoms with van der Waals surface area (Å²) in [6.07, 6.45) is 1.12. The van der Waals surface area contributed by atoms with Crippen LogP contribution in [-0.2, 0) is 6.42 Å². The van der Waals surface area contributed by atoms with Crippen LogP contribution in [0.4, 0.5) is 0 Å². The van der Waals surface area contributed by atoms with Gasteiger partial charge in [-0.3, -0.25) is 4.79 Å². The molecular formula is C11H10O3. The average molecular weight is 190 g/mol.